The van der Waals surface area contributed by atoms with Gasteiger partial charge in [0.1, 0.15) is 5.82 Å². The second kappa shape index (κ2) is 11.3. The molecule has 0 aliphatic carbocycles. The molecule has 3 rings (SSSR count). The van der Waals surface area contributed by atoms with Crippen LogP contribution in [-0.2, 0) is 22.8 Å². The lowest BCUT2D eigenvalue weighted by Gasteiger charge is -2.08. The van der Waals surface area contributed by atoms with Crippen LogP contribution in [0.3, 0.4) is 0 Å². The number of rotatable bonds is 9. The van der Waals surface area contributed by atoms with Gasteiger partial charge in [-0.2, -0.15) is 0 Å². The van der Waals surface area contributed by atoms with Crippen LogP contribution < -0.4 is 5.32 Å². The molecule has 1 N–H and O–H groups in total. The summed E-state index contributed by atoms with van der Waals surface area (Å²) in [4.78, 5) is 12.2. The van der Waals surface area contributed by atoms with Gasteiger partial charge < -0.3 is 9.88 Å². The minimum absolute atomic E-state index is 0.110. The van der Waals surface area contributed by atoms with E-state index in [0.717, 1.165) is 28.8 Å². The molecule has 158 valence electrons. The van der Waals surface area contributed by atoms with Gasteiger partial charge in [0, 0.05) is 33.1 Å². The van der Waals surface area contributed by atoms with Gasteiger partial charge in [-0.15, -0.1) is 22.0 Å². The van der Waals surface area contributed by atoms with Crippen molar-refractivity contribution in [2.45, 2.75) is 30.1 Å². The lowest BCUT2D eigenvalue weighted by Crippen LogP contribution is -2.14. The molecule has 0 saturated carbocycles. The van der Waals surface area contributed by atoms with Crippen molar-refractivity contribution in [1.29, 1.82) is 0 Å². The van der Waals surface area contributed by atoms with Crippen molar-refractivity contribution < 1.29 is 4.79 Å². The summed E-state index contributed by atoms with van der Waals surface area (Å²) in [6, 6.07) is 12.5. The minimum atomic E-state index is -0.110. The van der Waals surface area contributed by atoms with Gasteiger partial charge in [0.15, 0.2) is 5.16 Å². The van der Waals surface area contributed by atoms with Crippen molar-refractivity contribution in [3.05, 3.63) is 68.9 Å². The number of thioether (sulfide) groups is 2. The fraction of sp³-hybridized carbons (Fsp3) is 0.250. The molecule has 0 bridgehead atoms. The van der Waals surface area contributed by atoms with Gasteiger partial charge in [0.05, 0.1) is 11.5 Å². The number of nitrogens with one attached hydrogen (secondary N) is 1. The zero-order valence-electron chi connectivity index (χ0n) is 16.1. The number of hydrogen-bond donors (Lipinski definition) is 1. The highest BCUT2D eigenvalue weighted by Gasteiger charge is 2.14. The molecule has 0 unspecified atom stereocenters. The molecule has 0 atom stereocenters. The highest BCUT2D eigenvalue weighted by molar-refractivity contribution is 7.99. The Balaban J connectivity index is 1.53. The molecule has 3 aromatic rings. The predicted molar refractivity (Wildman–Crippen MR) is 128 cm³/mol. The summed E-state index contributed by atoms with van der Waals surface area (Å²) >= 11 is 21.1. The van der Waals surface area contributed by atoms with Crippen LogP contribution in [0.25, 0.3) is 0 Å². The Hall–Kier alpha value is -1.38. The van der Waals surface area contributed by atoms with Crippen LogP contribution in [0.15, 0.2) is 47.6 Å². The maximum Gasteiger partial charge on any atom is 0.234 e. The second-order valence-corrected chi connectivity index (χ2v) is 9.42. The molecule has 1 heterocycles. The summed E-state index contributed by atoms with van der Waals surface area (Å²) in [7, 11) is 0. The first-order chi connectivity index (χ1) is 14.5. The van der Waals surface area contributed by atoms with Gasteiger partial charge in [0.2, 0.25) is 5.91 Å². The quantitative estimate of drug-likeness (QED) is 0.343. The molecule has 0 saturated heterocycles. The maximum absolute atomic E-state index is 12.2. The number of aromatic nitrogens is 3. The van der Waals surface area contributed by atoms with Gasteiger partial charge in [-0.3, -0.25) is 4.79 Å². The molecular formula is C20H19Cl3N4OS2. The molecule has 0 aliphatic heterocycles. The van der Waals surface area contributed by atoms with Crippen LogP contribution in [0, 0.1) is 0 Å². The number of anilines is 1. The SMILES string of the molecule is CCn1c(CSCc2ccc(Cl)cc2Cl)nnc1SCC(=O)Nc1ccc(Cl)cc1. The van der Waals surface area contributed by atoms with Crippen LogP contribution in [0.2, 0.25) is 15.1 Å². The van der Waals surface area contributed by atoms with Crippen molar-refractivity contribution in [3.63, 3.8) is 0 Å². The highest BCUT2D eigenvalue weighted by Crippen LogP contribution is 2.27. The van der Waals surface area contributed by atoms with Crippen molar-refractivity contribution in [3.8, 4) is 0 Å². The van der Waals surface area contributed by atoms with E-state index in [1.807, 2.05) is 23.6 Å². The Kier molecular flexibility index (Phi) is 8.77. The molecule has 5 nitrogen and oxygen atoms in total. The van der Waals surface area contributed by atoms with Gasteiger partial charge in [0.25, 0.3) is 0 Å². The van der Waals surface area contributed by atoms with Crippen molar-refractivity contribution in [2.75, 3.05) is 11.1 Å². The Morgan fingerprint density at radius 2 is 1.77 bits per heavy atom. The number of benzene rings is 2. The van der Waals surface area contributed by atoms with E-state index in [-0.39, 0.29) is 11.7 Å². The summed E-state index contributed by atoms with van der Waals surface area (Å²) in [6.45, 7) is 2.76. The summed E-state index contributed by atoms with van der Waals surface area (Å²) in [6.07, 6.45) is 0. The summed E-state index contributed by atoms with van der Waals surface area (Å²) < 4.78 is 2.02. The molecular weight excluding hydrogens is 483 g/mol. The number of carbonyl (C=O) groups excluding carboxylic acids is 1. The van der Waals surface area contributed by atoms with E-state index in [9.17, 15) is 4.79 Å². The lowest BCUT2D eigenvalue weighted by atomic mass is 10.2. The molecule has 30 heavy (non-hydrogen) atoms. The van der Waals surface area contributed by atoms with E-state index in [4.69, 9.17) is 34.8 Å². The standard InChI is InChI=1S/C20H19Cl3N4OS2/c1-2-27-18(11-29-10-13-3-4-15(22)9-17(13)23)25-26-20(27)30-12-19(28)24-16-7-5-14(21)6-8-16/h3-9H,2,10-12H2,1H3,(H,24,28). The van der Waals surface area contributed by atoms with Crippen molar-refractivity contribution in [1.82, 2.24) is 14.8 Å². The first-order valence-corrected chi connectivity index (χ1v) is 12.4. The molecule has 0 radical (unpaired) electrons. The molecule has 2 aromatic carbocycles. The zero-order valence-corrected chi connectivity index (χ0v) is 20.0. The van der Waals surface area contributed by atoms with E-state index >= 15 is 0 Å². The third-order valence-corrected chi connectivity index (χ3v) is 6.86. The van der Waals surface area contributed by atoms with Crippen molar-refractivity contribution in [2.24, 2.45) is 0 Å². The minimum Gasteiger partial charge on any atom is -0.325 e. The molecule has 1 amide bonds. The average Bonchev–Trinajstić information content (AvgIpc) is 3.11. The Morgan fingerprint density at radius 3 is 2.47 bits per heavy atom. The number of hydrogen-bond acceptors (Lipinski definition) is 5. The van der Waals surface area contributed by atoms with Gasteiger partial charge in [-0.1, -0.05) is 52.6 Å². The van der Waals surface area contributed by atoms with Gasteiger partial charge >= 0.3 is 0 Å². The van der Waals surface area contributed by atoms with E-state index in [2.05, 4.69) is 15.5 Å². The largest absolute Gasteiger partial charge is 0.325 e. The van der Waals surface area contributed by atoms with Crippen LogP contribution in [0.5, 0.6) is 0 Å². The highest BCUT2D eigenvalue weighted by atomic mass is 35.5. The third kappa shape index (κ3) is 6.56. The van der Waals surface area contributed by atoms with Gasteiger partial charge in [-0.05, 0) is 48.9 Å². The van der Waals surface area contributed by atoms with E-state index in [0.29, 0.717) is 26.5 Å². The zero-order chi connectivity index (χ0) is 21.5. The van der Waals surface area contributed by atoms with Crippen LogP contribution in [-0.4, -0.2) is 26.4 Å². The molecule has 1 aromatic heterocycles. The summed E-state index contributed by atoms with van der Waals surface area (Å²) in [5.41, 5.74) is 1.74. The average molecular weight is 502 g/mol. The summed E-state index contributed by atoms with van der Waals surface area (Å²) in [5, 5.41) is 14.0. The first kappa shape index (κ1) is 23.3. The Bertz CT molecular complexity index is 1010. The maximum atomic E-state index is 12.2. The van der Waals surface area contributed by atoms with E-state index in [1.54, 1.807) is 42.1 Å². The van der Waals surface area contributed by atoms with Crippen LogP contribution in [0.1, 0.15) is 18.3 Å². The second-order valence-electron chi connectivity index (χ2n) is 6.22. The predicted octanol–water partition coefficient (Wildman–Crippen LogP) is 6.42. The molecule has 0 fully saturated rings. The summed E-state index contributed by atoms with van der Waals surface area (Å²) in [5.74, 6) is 2.44. The molecule has 0 aliphatic rings. The van der Waals surface area contributed by atoms with E-state index < -0.39 is 0 Å². The fourth-order valence-electron chi connectivity index (χ4n) is 2.60. The number of nitrogens with zero attached hydrogens (tertiary/aromatic N) is 3. The monoisotopic (exact) mass is 500 g/mol. The normalized spacial score (nSPS) is 10.9. The fourth-order valence-corrected chi connectivity index (χ4v) is 5.07. The Morgan fingerprint density at radius 1 is 1.03 bits per heavy atom. The third-order valence-electron chi connectivity index (χ3n) is 4.07. The topological polar surface area (TPSA) is 59.8 Å². The molecule has 0 spiro atoms. The number of amides is 1. The Labute approximate surface area is 198 Å². The first-order valence-electron chi connectivity index (χ1n) is 9.08. The smallest absolute Gasteiger partial charge is 0.234 e. The van der Waals surface area contributed by atoms with E-state index in [1.165, 1.54) is 11.8 Å². The van der Waals surface area contributed by atoms with Crippen molar-refractivity contribution >= 4 is 69.9 Å². The van der Waals surface area contributed by atoms with Crippen LogP contribution in [0.4, 0.5) is 5.69 Å². The number of halogens is 3. The molecule has 10 heteroatoms. The van der Waals surface area contributed by atoms with Crippen LogP contribution >= 0.6 is 58.3 Å². The van der Waals surface area contributed by atoms with Gasteiger partial charge in [-0.25, -0.2) is 0 Å². The lowest BCUT2D eigenvalue weighted by molar-refractivity contribution is -0.113. The number of carbonyl (C=O) groups is 1.